The molecule has 0 radical (unpaired) electrons. The van der Waals surface area contributed by atoms with Crippen LogP contribution in [0.25, 0.3) is 0 Å². The third kappa shape index (κ3) is 4.78. The smallest absolute Gasteiger partial charge is 0.410 e. The van der Waals surface area contributed by atoms with Gasteiger partial charge in [0.05, 0.1) is 6.10 Å². The normalized spacial score (nSPS) is 32.8. The summed E-state index contributed by atoms with van der Waals surface area (Å²) in [5.41, 5.74) is 4.36. The summed E-state index contributed by atoms with van der Waals surface area (Å²) in [5.74, 6) is 3.14. The highest BCUT2D eigenvalue weighted by Gasteiger charge is 2.54. The van der Waals surface area contributed by atoms with Crippen molar-refractivity contribution >= 4 is 6.09 Å². The molecule has 5 rings (SSSR count). The first kappa shape index (κ1) is 25.6. The highest BCUT2D eigenvalue weighted by Crippen LogP contribution is 2.60. The van der Waals surface area contributed by atoms with Crippen molar-refractivity contribution in [3.8, 4) is 5.75 Å². The van der Waals surface area contributed by atoms with Gasteiger partial charge in [-0.05, 0) is 122 Å². The van der Waals surface area contributed by atoms with Crippen molar-refractivity contribution < 1.29 is 14.6 Å². The quantitative estimate of drug-likeness (QED) is 0.436. The predicted octanol–water partition coefficient (Wildman–Crippen LogP) is 7.42. The van der Waals surface area contributed by atoms with Gasteiger partial charge >= 0.3 is 6.09 Å². The van der Waals surface area contributed by atoms with Gasteiger partial charge in [0.25, 0.3) is 0 Å². The number of benzene rings is 1. The third-order valence-corrected chi connectivity index (χ3v) is 10.1. The second-order valence-electron chi connectivity index (χ2n) is 12.0. The molecule has 0 spiro atoms. The number of aryl methyl sites for hydroxylation is 1. The van der Waals surface area contributed by atoms with E-state index < -0.39 is 0 Å². The molecule has 4 heteroatoms. The van der Waals surface area contributed by atoms with E-state index in [2.05, 4.69) is 51.1 Å². The van der Waals surface area contributed by atoms with Gasteiger partial charge in [0.15, 0.2) is 0 Å². The number of allylic oxidation sites excluding steroid dienone is 4. The summed E-state index contributed by atoms with van der Waals surface area (Å²) in [7, 11) is 0. The van der Waals surface area contributed by atoms with Gasteiger partial charge in [0, 0.05) is 13.1 Å². The highest BCUT2D eigenvalue weighted by atomic mass is 16.6. The second kappa shape index (κ2) is 10.7. The minimum Gasteiger partial charge on any atom is -0.410 e. The third-order valence-electron chi connectivity index (χ3n) is 10.1. The molecule has 1 aromatic rings. The first-order valence-corrected chi connectivity index (χ1v) is 14.6. The van der Waals surface area contributed by atoms with Gasteiger partial charge in [-0.2, -0.15) is 0 Å². The van der Waals surface area contributed by atoms with Gasteiger partial charge in [-0.1, -0.05) is 45.1 Å². The molecule has 196 valence electrons. The number of carbonyl (C=O) groups is 1. The number of hydrogen-bond donors (Lipinski definition) is 1. The molecule has 0 aromatic heterocycles. The molecule has 3 aliphatic carbocycles. The maximum absolute atomic E-state index is 13.0. The van der Waals surface area contributed by atoms with E-state index in [1.807, 2.05) is 11.0 Å². The number of ether oxygens (including phenoxy) is 1. The van der Waals surface area contributed by atoms with Crippen LogP contribution in [-0.4, -0.2) is 35.3 Å². The Morgan fingerprint density at radius 1 is 1.11 bits per heavy atom. The van der Waals surface area contributed by atoms with Crippen LogP contribution in [0.3, 0.4) is 0 Å². The Labute approximate surface area is 217 Å². The fourth-order valence-electron chi connectivity index (χ4n) is 8.02. The average molecular weight is 492 g/mol. The Hall–Kier alpha value is -2.07. The van der Waals surface area contributed by atoms with Crippen molar-refractivity contribution in [3.63, 3.8) is 0 Å². The minimum absolute atomic E-state index is 0.112. The SMILES string of the molecule is CC/C=C\C(=C/CC)C1CCN(C(=O)Oc2ccc3c(c2)CCC2C3CCC3(C)C(O)CCC23)CC1. The van der Waals surface area contributed by atoms with Crippen LogP contribution in [0.2, 0.25) is 0 Å². The van der Waals surface area contributed by atoms with Crippen LogP contribution in [0.1, 0.15) is 95.6 Å². The van der Waals surface area contributed by atoms with E-state index in [1.165, 1.54) is 29.5 Å². The number of amides is 1. The number of aliphatic hydroxyl groups excluding tert-OH is 1. The number of rotatable bonds is 5. The van der Waals surface area contributed by atoms with Gasteiger partial charge in [-0.15, -0.1) is 0 Å². The van der Waals surface area contributed by atoms with Gasteiger partial charge in [0.1, 0.15) is 5.75 Å². The van der Waals surface area contributed by atoms with E-state index in [0.29, 0.717) is 29.4 Å². The van der Waals surface area contributed by atoms with Gasteiger partial charge in [0.2, 0.25) is 0 Å². The van der Waals surface area contributed by atoms with Crippen molar-refractivity contribution in [1.82, 2.24) is 4.90 Å². The lowest BCUT2D eigenvalue weighted by molar-refractivity contribution is -0.0226. The number of piperidine rings is 1. The van der Waals surface area contributed by atoms with E-state index in [0.717, 1.165) is 64.5 Å². The Bertz CT molecular complexity index is 1000. The van der Waals surface area contributed by atoms with Crippen LogP contribution >= 0.6 is 0 Å². The molecule has 5 unspecified atom stereocenters. The molecule has 1 N–H and O–H groups in total. The molecule has 1 saturated heterocycles. The molecule has 4 nitrogen and oxygen atoms in total. The van der Waals surface area contributed by atoms with Crippen LogP contribution in [0.15, 0.2) is 42.0 Å². The molecule has 36 heavy (non-hydrogen) atoms. The number of aliphatic hydroxyl groups is 1. The fraction of sp³-hybridized carbons (Fsp3) is 0.656. The Kier molecular flexibility index (Phi) is 7.62. The zero-order valence-corrected chi connectivity index (χ0v) is 22.5. The van der Waals surface area contributed by atoms with Gasteiger partial charge in [-0.25, -0.2) is 4.79 Å². The van der Waals surface area contributed by atoms with Crippen molar-refractivity contribution in [2.45, 2.75) is 97.0 Å². The standard InChI is InChI=1S/C32H45NO3/c1-4-6-8-22(7-5-2)23-16-19-33(20-17-23)31(35)36-25-10-12-26-24(21-25)9-11-28-27(26)15-18-32(3)29(28)13-14-30(32)34/h6-8,10,12,21,23,27-30,34H,4-5,9,11,13-20H2,1-3H3/b8-6-,22-7+. The molecule has 1 amide bonds. The van der Waals surface area contributed by atoms with E-state index >= 15 is 0 Å². The van der Waals surface area contributed by atoms with Crippen LogP contribution < -0.4 is 4.74 Å². The second-order valence-corrected chi connectivity index (χ2v) is 12.0. The lowest BCUT2D eigenvalue weighted by atomic mass is 9.55. The number of likely N-dealkylation sites (tertiary alicyclic amines) is 1. The van der Waals surface area contributed by atoms with Crippen molar-refractivity contribution in [1.29, 1.82) is 0 Å². The van der Waals surface area contributed by atoms with Crippen molar-refractivity contribution in [2.24, 2.45) is 23.2 Å². The topological polar surface area (TPSA) is 49.8 Å². The molecule has 2 saturated carbocycles. The molecular formula is C32H45NO3. The van der Waals surface area contributed by atoms with E-state index in [1.54, 1.807) is 0 Å². The Morgan fingerprint density at radius 2 is 1.92 bits per heavy atom. The monoisotopic (exact) mass is 491 g/mol. The molecule has 5 atom stereocenters. The molecule has 0 bridgehead atoms. The summed E-state index contributed by atoms with van der Waals surface area (Å²) in [6.07, 6.45) is 17.3. The van der Waals surface area contributed by atoms with Gasteiger partial charge < -0.3 is 14.7 Å². The van der Waals surface area contributed by atoms with E-state index in [4.69, 9.17) is 4.74 Å². The number of hydrogen-bond acceptors (Lipinski definition) is 3. The van der Waals surface area contributed by atoms with Crippen LogP contribution in [-0.2, 0) is 6.42 Å². The van der Waals surface area contributed by atoms with Crippen LogP contribution in [0.5, 0.6) is 5.75 Å². The molecule has 1 heterocycles. The van der Waals surface area contributed by atoms with Crippen LogP contribution in [0, 0.1) is 23.2 Å². The van der Waals surface area contributed by atoms with Crippen LogP contribution in [0.4, 0.5) is 4.79 Å². The molecular weight excluding hydrogens is 446 g/mol. The summed E-state index contributed by atoms with van der Waals surface area (Å²) in [6.45, 7) is 8.20. The summed E-state index contributed by atoms with van der Waals surface area (Å²) in [4.78, 5) is 14.9. The largest absolute Gasteiger partial charge is 0.415 e. The predicted molar refractivity (Wildman–Crippen MR) is 145 cm³/mol. The summed E-state index contributed by atoms with van der Waals surface area (Å²) < 4.78 is 5.89. The number of carbonyl (C=O) groups excluding carboxylic acids is 1. The molecule has 3 fully saturated rings. The Balaban J connectivity index is 1.20. The fourth-order valence-corrected chi connectivity index (χ4v) is 8.02. The summed E-state index contributed by atoms with van der Waals surface area (Å²) in [6, 6.07) is 6.38. The molecule has 1 aliphatic heterocycles. The number of fused-ring (bicyclic) bond motifs is 5. The molecule has 4 aliphatic rings. The zero-order chi connectivity index (χ0) is 25.3. The average Bonchev–Trinajstić information content (AvgIpc) is 3.20. The summed E-state index contributed by atoms with van der Waals surface area (Å²) in [5, 5.41) is 10.6. The van der Waals surface area contributed by atoms with E-state index in [-0.39, 0.29) is 17.6 Å². The first-order chi connectivity index (χ1) is 17.4. The lowest BCUT2D eigenvalue weighted by Gasteiger charge is -2.50. The first-order valence-electron chi connectivity index (χ1n) is 14.6. The maximum Gasteiger partial charge on any atom is 0.415 e. The number of nitrogens with zero attached hydrogens (tertiary/aromatic N) is 1. The van der Waals surface area contributed by atoms with Crippen molar-refractivity contribution in [2.75, 3.05) is 13.1 Å². The highest BCUT2D eigenvalue weighted by molar-refractivity contribution is 5.71. The van der Waals surface area contributed by atoms with Gasteiger partial charge in [-0.3, -0.25) is 0 Å². The molecule has 1 aromatic carbocycles. The van der Waals surface area contributed by atoms with E-state index in [9.17, 15) is 9.90 Å². The van der Waals surface area contributed by atoms with Crippen molar-refractivity contribution in [3.05, 3.63) is 53.1 Å². The lowest BCUT2D eigenvalue weighted by Crippen LogP contribution is -2.43. The Morgan fingerprint density at radius 3 is 2.67 bits per heavy atom. The zero-order valence-electron chi connectivity index (χ0n) is 22.5. The maximum atomic E-state index is 13.0. The minimum atomic E-state index is -0.208. The summed E-state index contributed by atoms with van der Waals surface area (Å²) >= 11 is 0.